The van der Waals surface area contributed by atoms with E-state index >= 15 is 0 Å². The topological polar surface area (TPSA) is 67.3 Å². The molecule has 5 nitrogen and oxygen atoms in total. The Balaban J connectivity index is 1.99. The first-order valence-corrected chi connectivity index (χ1v) is 6.47. The third-order valence-electron chi connectivity index (χ3n) is 2.54. The van der Waals surface area contributed by atoms with Gasteiger partial charge in [0.15, 0.2) is 0 Å². The first kappa shape index (κ1) is 11.2. The van der Waals surface area contributed by atoms with Gasteiger partial charge in [0.2, 0.25) is 5.16 Å². The Hall–Kier alpha value is -1.95. The molecule has 0 saturated carbocycles. The Morgan fingerprint density at radius 2 is 2.11 bits per heavy atom. The van der Waals surface area contributed by atoms with Gasteiger partial charge in [-0.25, -0.2) is 15.0 Å². The van der Waals surface area contributed by atoms with Gasteiger partial charge in [0.1, 0.15) is 17.2 Å². The molecular weight excluding hydrogens is 246 g/mol. The number of fused-ring (bicyclic) bond motifs is 1. The number of benzene rings is 1. The van der Waals surface area contributed by atoms with E-state index in [9.17, 15) is 0 Å². The van der Waals surface area contributed by atoms with Crippen LogP contribution in [0.15, 0.2) is 40.8 Å². The van der Waals surface area contributed by atoms with Crippen molar-refractivity contribution in [3.8, 4) is 0 Å². The van der Waals surface area contributed by atoms with Crippen LogP contribution in [-0.4, -0.2) is 25.1 Å². The summed E-state index contributed by atoms with van der Waals surface area (Å²) in [5.41, 5.74) is 0.932. The Kier molecular flexibility index (Phi) is 2.93. The number of aromatic amines is 1. The monoisotopic (exact) mass is 257 g/mol. The molecule has 1 N–H and O–H groups in total. The molecular formula is C12H11N5S. The van der Waals surface area contributed by atoms with E-state index in [2.05, 4.69) is 25.1 Å². The number of aryl methyl sites for hydroxylation is 1. The fraction of sp³-hybridized carbons (Fsp3) is 0.167. The second-order valence-corrected chi connectivity index (χ2v) is 4.67. The standard InChI is InChI=1S/C12H11N5S/c1-2-10-15-12(17-16-10)18-11-8-5-3-4-6-9(8)13-7-14-11/h3-7H,2H2,1H3,(H,15,16,17). The summed E-state index contributed by atoms with van der Waals surface area (Å²) in [4.78, 5) is 12.9. The van der Waals surface area contributed by atoms with E-state index in [0.29, 0.717) is 5.16 Å². The molecule has 0 spiro atoms. The lowest BCUT2D eigenvalue weighted by molar-refractivity contribution is 0.940. The molecule has 2 heterocycles. The number of rotatable bonds is 3. The predicted octanol–water partition coefficient (Wildman–Crippen LogP) is 2.46. The molecule has 0 aliphatic heterocycles. The van der Waals surface area contributed by atoms with Crippen LogP contribution >= 0.6 is 11.8 Å². The second-order valence-electron chi connectivity index (χ2n) is 3.72. The van der Waals surface area contributed by atoms with Gasteiger partial charge < -0.3 is 0 Å². The fourth-order valence-corrected chi connectivity index (χ4v) is 2.43. The summed E-state index contributed by atoms with van der Waals surface area (Å²) >= 11 is 1.45. The van der Waals surface area contributed by atoms with Gasteiger partial charge in [0, 0.05) is 11.8 Å². The minimum Gasteiger partial charge on any atom is -0.262 e. The average Bonchev–Trinajstić information content (AvgIpc) is 2.87. The van der Waals surface area contributed by atoms with E-state index < -0.39 is 0 Å². The maximum atomic E-state index is 4.37. The molecule has 0 fully saturated rings. The minimum absolute atomic E-state index is 0.690. The zero-order chi connectivity index (χ0) is 12.4. The summed E-state index contributed by atoms with van der Waals surface area (Å²) < 4.78 is 0. The van der Waals surface area contributed by atoms with Crippen molar-refractivity contribution in [2.24, 2.45) is 0 Å². The van der Waals surface area contributed by atoms with Crippen molar-refractivity contribution in [3.05, 3.63) is 36.4 Å². The van der Waals surface area contributed by atoms with E-state index in [1.165, 1.54) is 11.8 Å². The smallest absolute Gasteiger partial charge is 0.214 e. The third-order valence-corrected chi connectivity index (χ3v) is 3.42. The highest BCUT2D eigenvalue weighted by atomic mass is 32.2. The van der Waals surface area contributed by atoms with Crippen molar-refractivity contribution in [2.45, 2.75) is 23.5 Å². The maximum Gasteiger partial charge on any atom is 0.214 e. The zero-order valence-corrected chi connectivity index (χ0v) is 10.6. The molecule has 90 valence electrons. The van der Waals surface area contributed by atoms with E-state index in [4.69, 9.17) is 0 Å². The van der Waals surface area contributed by atoms with Crippen molar-refractivity contribution in [3.63, 3.8) is 0 Å². The number of H-pyrrole nitrogens is 1. The molecule has 2 aromatic heterocycles. The van der Waals surface area contributed by atoms with Crippen LogP contribution in [0.25, 0.3) is 10.9 Å². The molecule has 0 aliphatic rings. The first-order chi connectivity index (χ1) is 8.86. The summed E-state index contributed by atoms with van der Waals surface area (Å²) in [7, 11) is 0. The van der Waals surface area contributed by atoms with E-state index in [-0.39, 0.29) is 0 Å². The largest absolute Gasteiger partial charge is 0.262 e. The summed E-state index contributed by atoms with van der Waals surface area (Å²) in [5.74, 6) is 0.885. The molecule has 3 aromatic rings. The number of nitrogens with one attached hydrogen (secondary N) is 1. The summed E-state index contributed by atoms with van der Waals surface area (Å²) in [5, 5.41) is 9.64. The van der Waals surface area contributed by atoms with Crippen LogP contribution in [0.4, 0.5) is 0 Å². The molecule has 6 heteroatoms. The normalized spacial score (nSPS) is 10.9. The van der Waals surface area contributed by atoms with Gasteiger partial charge >= 0.3 is 0 Å². The lowest BCUT2D eigenvalue weighted by atomic mass is 10.2. The van der Waals surface area contributed by atoms with Crippen molar-refractivity contribution >= 4 is 22.7 Å². The van der Waals surface area contributed by atoms with Gasteiger partial charge in [-0.2, -0.15) is 0 Å². The number of para-hydroxylation sites is 1. The van der Waals surface area contributed by atoms with Crippen LogP contribution in [0.3, 0.4) is 0 Å². The molecule has 0 radical (unpaired) electrons. The Bertz CT molecular complexity index is 674. The van der Waals surface area contributed by atoms with E-state index in [0.717, 1.165) is 28.2 Å². The van der Waals surface area contributed by atoms with Crippen LogP contribution in [0.2, 0.25) is 0 Å². The summed E-state index contributed by atoms with van der Waals surface area (Å²) in [6.45, 7) is 2.04. The highest BCUT2D eigenvalue weighted by Crippen LogP contribution is 2.28. The third kappa shape index (κ3) is 2.06. The van der Waals surface area contributed by atoms with Gasteiger partial charge in [0.25, 0.3) is 0 Å². The lowest BCUT2D eigenvalue weighted by Gasteiger charge is -2.01. The average molecular weight is 257 g/mol. The highest BCUT2D eigenvalue weighted by Gasteiger charge is 2.08. The quantitative estimate of drug-likeness (QED) is 0.730. The lowest BCUT2D eigenvalue weighted by Crippen LogP contribution is -1.87. The van der Waals surface area contributed by atoms with Crippen LogP contribution in [0.1, 0.15) is 12.7 Å². The maximum absolute atomic E-state index is 4.37. The Labute approximate surface area is 108 Å². The molecule has 0 amide bonds. The van der Waals surface area contributed by atoms with Gasteiger partial charge in [-0.3, -0.25) is 5.10 Å². The van der Waals surface area contributed by atoms with Crippen LogP contribution in [0.5, 0.6) is 0 Å². The molecule has 0 unspecified atom stereocenters. The fourth-order valence-electron chi connectivity index (χ4n) is 1.63. The van der Waals surface area contributed by atoms with E-state index in [1.54, 1.807) is 6.33 Å². The van der Waals surface area contributed by atoms with Crippen LogP contribution < -0.4 is 0 Å². The molecule has 0 bridgehead atoms. The summed E-state index contributed by atoms with van der Waals surface area (Å²) in [6, 6.07) is 7.92. The molecule has 0 atom stereocenters. The van der Waals surface area contributed by atoms with Crippen molar-refractivity contribution in [1.82, 2.24) is 25.1 Å². The summed E-state index contributed by atoms with van der Waals surface area (Å²) in [6.07, 6.45) is 2.41. The molecule has 1 aromatic carbocycles. The van der Waals surface area contributed by atoms with Gasteiger partial charge in [-0.05, 0) is 17.8 Å². The highest BCUT2D eigenvalue weighted by molar-refractivity contribution is 7.99. The van der Waals surface area contributed by atoms with Crippen molar-refractivity contribution in [2.75, 3.05) is 0 Å². The second kappa shape index (κ2) is 4.73. The number of hydrogen-bond donors (Lipinski definition) is 1. The number of aromatic nitrogens is 5. The van der Waals surface area contributed by atoms with Gasteiger partial charge in [0.05, 0.1) is 5.52 Å². The molecule has 0 aliphatic carbocycles. The molecule has 18 heavy (non-hydrogen) atoms. The predicted molar refractivity (Wildman–Crippen MR) is 69.4 cm³/mol. The van der Waals surface area contributed by atoms with E-state index in [1.807, 2.05) is 31.2 Å². The van der Waals surface area contributed by atoms with Crippen molar-refractivity contribution < 1.29 is 0 Å². The van der Waals surface area contributed by atoms with Gasteiger partial charge in [-0.1, -0.05) is 25.1 Å². The Morgan fingerprint density at radius 3 is 2.94 bits per heavy atom. The minimum atomic E-state index is 0.690. The molecule has 3 rings (SSSR count). The number of nitrogens with zero attached hydrogens (tertiary/aromatic N) is 4. The zero-order valence-electron chi connectivity index (χ0n) is 9.79. The van der Waals surface area contributed by atoms with Crippen LogP contribution in [-0.2, 0) is 6.42 Å². The Morgan fingerprint density at radius 1 is 1.22 bits per heavy atom. The number of hydrogen-bond acceptors (Lipinski definition) is 5. The van der Waals surface area contributed by atoms with Crippen LogP contribution in [0, 0.1) is 0 Å². The van der Waals surface area contributed by atoms with Crippen molar-refractivity contribution in [1.29, 1.82) is 0 Å². The first-order valence-electron chi connectivity index (χ1n) is 5.65. The SMILES string of the molecule is CCc1nc(Sc2ncnc3ccccc23)n[nH]1. The molecule has 0 saturated heterocycles. The van der Waals surface area contributed by atoms with Gasteiger partial charge in [-0.15, -0.1) is 5.10 Å².